The van der Waals surface area contributed by atoms with Gasteiger partial charge in [-0.05, 0) is 37.3 Å². The van der Waals surface area contributed by atoms with Crippen LogP contribution in [0.2, 0.25) is 0 Å². The van der Waals surface area contributed by atoms with Crippen molar-refractivity contribution in [3.05, 3.63) is 58.8 Å². The highest BCUT2D eigenvalue weighted by Gasteiger charge is 2.15. The Labute approximate surface area is 190 Å². The summed E-state index contributed by atoms with van der Waals surface area (Å²) >= 11 is 0. The summed E-state index contributed by atoms with van der Waals surface area (Å²) in [5.74, 6) is 1.90. The highest BCUT2D eigenvalue weighted by molar-refractivity contribution is 5.83. The zero-order chi connectivity index (χ0) is 23.5. The van der Waals surface area contributed by atoms with Crippen LogP contribution in [0, 0.1) is 6.92 Å². The number of methoxy groups -OCH3 is 3. The molecule has 0 saturated heterocycles. The van der Waals surface area contributed by atoms with E-state index in [0.717, 1.165) is 16.7 Å². The number of hydrogen-bond acceptors (Lipinski definition) is 6. The number of amides is 1. The summed E-state index contributed by atoms with van der Waals surface area (Å²) in [4.78, 5) is 30.1. The zero-order valence-electron chi connectivity index (χ0n) is 19.0. The highest BCUT2D eigenvalue weighted by atomic mass is 16.5. The van der Waals surface area contributed by atoms with Crippen LogP contribution in [0.3, 0.4) is 0 Å². The number of carbonyl (C=O) groups excluding carboxylic acids is 1. The molecule has 9 heteroatoms. The lowest BCUT2D eigenvalue weighted by molar-refractivity contribution is -0.121. The topological polar surface area (TPSA) is 96.6 Å². The van der Waals surface area contributed by atoms with Crippen molar-refractivity contribution < 1.29 is 19.0 Å². The van der Waals surface area contributed by atoms with Crippen molar-refractivity contribution in [1.82, 2.24) is 19.4 Å². The number of ether oxygens (including phenoxy) is 3. The Hall–Kier alpha value is -4.01. The first kappa shape index (κ1) is 22.2. The first-order valence-corrected chi connectivity index (χ1v) is 10.5. The third-order valence-electron chi connectivity index (χ3n) is 5.61. The molecule has 2 aromatic heterocycles. The number of nitrogens with zero attached hydrogens (tertiary/aromatic N) is 3. The minimum absolute atomic E-state index is 0.119. The molecular weight excluding hydrogens is 424 g/mol. The number of aromatic nitrogens is 3. The van der Waals surface area contributed by atoms with Gasteiger partial charge < -0.3 is 24.1 Å². The Bertz CT molecular complexity index is 1390. The molecule has 33 heavy (non-hydrogen) atoms. The molecule has 0 aliphatic carbocycles. The minimum atomic E-state index is -0.307. The Morgan fingerprint density at radius 2 is 1.79 bits per heavy atom. The normalized spacial score (nSPS) is 11.0. The van der Waals surface area contributed by atoms with E-state index in [-0.39, 0.29) is 18.0 Å². The number of hydrogen-bond donors (Lipinski definition) is 1. The van der Waals surface area contributed by atoms with Gasteiger partial charge in [-0.1, -0.05) is 0 Å². The molecule has 0 unspecified atom stereocenters. The van der Waals surface area contributed by atoms with Crippen molar-refractivity contribution in [2.75, 3.05) is 27.9 Å². The molecule has 172 valence electrons. The second kappa shape index (κ2) is 9.23. The molecule has 2 aromatic carbocycles. The second-order valence-electron chi connectivity index (χ2n) is 7.56. The van der Waals surface area contributed by atoms with Gasteiger partial charge in [-0.3, -0.25) is 14.2 Å². The van der Waals surface area contributed by atoms with E-state index in [1.54, 1.807) is 26.2 Å². The first-order chi connectivity index (χ1) is 15.9. The molecule has 0 aliphatic heterocycles. The fraction of sp³-hybridized carbons (Fsp3) is 0.292. The van der Waals surface area contributed by atoms with E-state index in [9.17, 15) is 9.59 Å². The minimum Gasteiger partial charge on any atom is -0.497 e. The Morgan fingerprint density at radius 1 is 1.03 bits per heavy atom. The molecule has 4 aromatic rings. The molecule has 0 saturated carbocycles. The van der Waals surface area contributed by atoms with Gasteiger partial charge in [-0.15, -0.1) is 0 Å². The number of aryl methyl sites for hydroxylation is 1. The molecule has 9 nitrogen and oxygen atoms in total. The summed E-state index contributed by atoms with van der Waals surface area (Å²) in [7, 11) is 4.66. The molecule has 0 spiro atoms. The molecule has 0 atom stereocenters. The number of fused-ring (bicyclic) bond motifs is 2. The highest BCUT2D eigenvalue weighted by Crippen LogP contribution is 2.30. The summed E-state index contributed by atoms with van der Waals surface area (Å²) < 4.78 is 19.3. The fourth-order valence-corrected chi connectivity index (χ4v) is 3.86. The first-order valence-electron chi connectivity index (χ1n) is 10.5. The van der Waals surface area contributed by atoms with E-state index in [4.69, 9.17) is 14.2 Å². The quantitative estimate of drug-likeness (QED) is 0.443. The van der Waals surface area contributed by atoms with Gasteiger partial charge in [0, 0.05) is 36.3 Å². The zero-order valence-corrected chi connectivity index (χ0v) is 19.0. The largest absolute Gasteiger partial charge is 0.497 e. The lowest BCUT2D eigenvalue weighted by Crippen LogP contribution is -2.35. The van der Waals surface area contributed by atoms with Crippen LogP contribution in [-0.2, 0) is 17.9 Å². The monoisotopic (exact) mass is 450 g/mol. The second-order valence-corrected chi connectivity index (χ2v) is 7.56. The van der Waals surface area contributed by atoms with Gasteiger partial charge in [0.25, 0.3) is 5.56 Å². The van der Waals surface area contributed by atoms with Gasteiger partial charge in [0.2, 0.25) is 5.91 Å². The third kappa shape index (κ3) is 4.34. The summed E-state index contributed by atoms with van der Waals surface area (Å²) in [5, 5.41) is 4.31. The molecule has 0 radical (unpaired) electrons. The molecule has 0 aliphatic rings. The molecule has 1 amide bonds. The van der Waals surface area contributed by atoms with E-state index in [1.165, 1.54) is 18.8 Å². The maximum absolute atomic E-state index is 13.0. The van der Waals surface area contributed by atoms with Gasteiger partial charge in [0.1, 0.15) is 18.1 Å². The summed E-state index contributed by atoms with van der Waals surface area (Å²) in [6, 6.07) is 11.1. The number of rotatable bonds is 8. The van der Waals surface area contributed by atoms with Crippen molar-refractivity contribution >= 4 is 27.7 Å². The SMILES string of the molecule is COc1ccc2c(ccn2CCNC(=O)Cn2c(C)nc3cc(OC)c(OC)cc3c2=O)c1. The van der Waals surface area contributed by atoms with Crippen LogP contribution in [0.25, 0.3) is 21.8 Å². The maximum atomic E-state index is 13.0. The fourth-order valence-electron chi connectivity index (χ4n) is 3.86. The number of carbonyl (C=O) groups is 1. The molecule has 2 heterocycles. The lowest BCUT2D eigenvalue weighted by Gasteiger charge is -2.13. The molecular formula is C24H26N4O5. The molecule has 0 bridgehead atoms. The van der Waals surface area contributed by atoms with E-state index in [0.29, 0.717) is 41.3 Å². The molecule has 1 N–H and O–H groups in total. The number of benzene rings is 2. The van der Waals surface area contributed by atoms with E-state index in [1.807, 2.05) is 30.5 Å². The van der Waals surface area contributed by atoms with Gasteiger partial charge in [-0.2, -0.15) is 0 Å². The van der Waals surface area contributed by atoms with E-state index < -0.39 is 0 Å². The standard InChI is InChI=1S/C24H26N4O5/c1-15-26-19-13-22(33-4)21(32-3)12-18(19)24(30)28(15)14-23(29)25-8-10-27-9-7-16-11-17(31-2)5-6-20(16)27/h5-7,9,11-13H,8,10,14H2,1-4H3,(H,25,29). The van der Waals surface area contributed by atoms with Crippen molar-refractivity contribution in [2.24, 2.45) is 0 Å². The summed E-state index contributed by atoms with van der Waals surface area (Å²) in [5.41, 5.74) is 1.24. The van der Waals surface area contributed by atoms with Crippen molar-refractivity contribution in [2.45, 2.75) is 20.0 Å². The van der Waals surface area contributed by atoms with Crippen LogP contribution >= 0.6 is 0 Å². The van der Waals surface area contributed by atoms with E-state index in [2.05, 4.69) is 14.9 Å². The van der Waals surface area contributed by atoms with Crippen molar-refractivity contribution in [3.63, 3.8) is 0 Å². The van der Waals surface area contributed by atoms with Crippen LogP contribution < -0.4 is 25.1 Å². The number of nitrogens with one attached hydrogen (secondary N) is 1. The van der Waals surface area contributed by atoms with Crippen molar-refractivity contribution in [1.29, 1.82) is 0 Å². The van der Waals surface area contributed by atoms with E-state index >= 15 is 0 Å². The van der Waals surface area contributed by atoms with Crippen LogP contribution in [0.15, 0.2) is 47.4 Å². The maximum Gasteiger partial charge on any atom is 0.262 e. The predicted octanol–water partition coefficient (Wildman–Crippen LogP) is 2.50. The lowest BCUT2D eigenvalue weighted by atomic mass is 10.2. The Morgan fingerprint density at radius 3 is 2.52 bits per heavy atom. The molecule has 4 rings (SSSR count). The predicted molar refractivity (Wildman–Crippen MR) is 125 cm³/mol. The van der Waals surface area contributed by atoms with Crippen LogP contribution in [0.4, 0.5) is 0 Å². The average Bonchev–Trinajstić information content (AvgIpc) is 3.23. The smallest absolute Gasteiger partial charge is 0.262 e. The van der Waals surface area contributed by atoms with Crippen LogP contribution in [-0.4, -0.2) is 47.9 Å². The van der Waals surface area contributed by atoms with Crippen molar-refractivity contribution in [3.8, 4) is 17.2 Å². The Kier molecular flexibility index (Phi) is 6.21. The summed E-state index contributed by atoms with van der Waals surface area (Å²) in [6.45, 7) is 2.60. The molecule has 0 fully saturated rings. The Balaban J connectivity index is 1.47. The van der Waals surface area contributed by atoms with Gasteiger partial charge in [0.05, 0.1) is 32.2 Å². The third-order valence-corrected chi connectivity index (χ3v) is 5.61. The van der Waals surface area contributed by atoms with Gasteiger partial charge in [-0.25, -0.2) is 4.98 Å². The van der Waals surface area contributed by atoms with Crippen LogP contribution in [0.1, 0.15) is 5.82 Å². The van der Waals surface area contributed by atoms with Gasteiger partial charge in [0.15, 0.2) is 11.5 Å². The average molecular weight is 450 g/mol. The van der Waals surface area contributed by atoms with Crippen LogP contribution in [0.5, 0.6) is 17.2 Å². The van der Waals surface area contributed by atoms with Gasteiger partial charge >= 0.3 is 0 Å². The summed E-state index contributed by atoms with van der Waals surface area (Å²) in [6.07, 6.45) is 1.97.